The van der Waals surface area contributed by atoms with E-state index in [2.05, 4.69) is 88.9 Å². The lowest BCUT2D eigenvalue weighted by Crippen LogP contribution is -2.69. The molecule has 0 rings (SSSR count). The van der Waals surface area contributed by atoms with Crippen LogP contribution in [0.4, 0.5) is 4.53 Å². The van der Waals surface area contributed by atoms with E-state index in [0.29, 0.717) is 11.1 Å². The maximum Gasteiger partial charge on any atom is 0.154 e. The van der Waals surface area contributed by atoms with Crippen LogP contribution in [0.3, 0.4) is 0 Å². The lowest BCUT2D eigenvalue weighted by molar-refractivity contribution is -0.250. The van der Waals surface area contributed by atoms with Crippen molar-refractivity contribution in [2.24, 2.45) is 0 Å². The zero-order valence-corrected chi connectivity index (χ0v) is 21.6. The van der Waals surface area contributed by atoms with Gasteiger partial charge in [0.15, 0.2) is 16.5 Å². The number of nitrogens with zero attached hydrogens (tertiary/aromatic N) is 1. The van der Waals surface area contributed by atoms with Crippen molar-refractivity contribution in [3.63, 3.8) is 0 Å². The van der Waals surface area contributed by atoms with Crippen molar-refractivity contribution in [2.45, 2.75) is 116 Å². The van der Waals surface area contributed by atoms with E-state index < -0.39 is 25.3 Å². The number of halogens is 1. The predicted octanol–water partition coefficient (Wildman–Crippen LogP) is 7.34. The van der Waals surface area contributed by atoms with Crippen LogP contribution in [0.25, 0.3) is 0 Å². The van der Waals surface area contributed by atoms with E-state index in [1.54, 1.807) is 0 Å². The first-order valence-corrected chi connectivity index (χ1v) is 16.8. The van der Waals surface area contributed by atoms with Crippen LogP contribution in [0.5, 0.6) is 0 Å². The molecule has 0 aromatic heterocycles. The Hall–Kier alpha value is 0.501. The smallest absolute Gasteiger partial charge is 0.154 e. The van der Waals surface area contributed by atoms with Crippen molar-refractivity contribution in [3.05, 3.63) is 0 Å². The maximum atomic E-state index is 14.1. The molecule has 0 amide bonds. The molecule has 24 heavy (non-hydrogen) atoms. The Bertz CT molecular complexity index is 394. The summed E-state index contributed by atoms with van der Waals surface area (Å²) in [5, 5.41) is 4.89. The van der Waals surface area contributed by atoms with E-state index in [-0.39, 0.29) is 10.1 Å². The zero-order chi connectivity index (χ0) is 19.7. The highest BCUT2D eigenvalue weighted by Crippen LogP contribution is 2.50. The number of hydrogen-bond donors (Lipinski definition) is 0. The summed E-state index contributed by atoms with van der Waals surface area (Å²) in [4.78, 5) is 0. The Morgan fingerprint density at radius 2 is 1.25 bits per heavy atom. The van der Waals surface area contributed by atoms with Crippen molar-refractivity contribution in [2.75, 3.05) is 0 Å². The summed E-state index contributed by atoms with van der Waals surface area (Å²) >= 11 is 0. The van der Waals surface area contributed by atoms with Crippen LogP contribution >= 0.6 is 0 Å². The monoisotopic (exact) mass is 392 g/mol. The fourth-order valence-electron chi connectivity index (χ4n) is 3.20. The molecule has 0 N–H and O–H groups in total. The molecule has 2 nitrogen and oxygen atoms in total. The first kappa shape index (κ1) is 24.5. The normalized spacial score (nSPS) is 17.2. The molecular formula is C18H43FNOSi3. The molecule has 1 unspecified atom stereocenters. The summed E-state index contributed by atoms with van der Waals surface area (Å²) in [6.45, 7) is 29.9. The molecule has 0 saturated heterocycles. The van der Waals surface area contributed by atoms with Crippen LogP contribution in [0.2, 0.25) is 46.5 Å². The van der Waals surface area contributed by atoms with Gasteiger partial charge >= 0.3 is 0 Å². The van der Waals surface area contributed by atoms with Gasteiger partial charge in [-0.1, -0.05) is 100.0 Å². The average Bonchev–Trinajstić information content (AvgIpc) is 2.32. The van der Waals surface area contributed by atoms with E-state index in [9.17, 15) is 4.53 Å². The van der Waals surface area contributed by atoms with Gasteiger partial charge in [0.25, 0.3) is 0 Å². The molecule has 0 aromatic rings. The molecule has 0 spiro atoms. The second-order valence-electron chi connectivity index (χ2n) is 10.8. The Kier molecular flexibility index (Phi) is 8.19. The van der Waals surface area contributed by atoms with E-state index in [1.165, 1.54) is 5.67 Å². The maximum absolute atomic E-state index is 14.1. The molecular weight excluding hydrogens is 349 g/mol. The van der Waals surface area contributed by atoms with Crippen molar-refractivity contribution in [1.82, 2.24) is 4.39 Å². The molecule has 145 valence electrons. The molecule has 0 bridgehead atoms. The summed E-state index contributed by atoms with van der Waals surface area (Å²) < 4.78 is 16.0. The summed E-state index contributed by atoms with van der Waals surface area (Å²) in [6.07, 6.45) is 0. The van der Waals surface area contributed by atoms with Crippen molar-refractivity contribution in [3.8, 4) is 0 Å². The van der Waals surface area contributed by atoms with Gasteiger partial charge in [0.05, 0.1) is 8.80 Å². The van der Waals surface area contributed by atoms with Gasteiger partial charge in [-0.25, -0.2) is 0 Å². The van der Waals surface area contributed by atoms with Crippen molar-refractivity contribution in [1.29, 1.82) is 0 Å². The highest BCUT2D eigenvalue weighted by atomic mass is 28.4. The zero-order valence-electron chi connectivity index (χ0n) is 18.6. The quantitative estimate of drug-likeness (QED) is 0.332. The molecule has 1 radical (unpaired) electrons. The Morgan fingerprint density at radius 3 is 1.46 bits per heavy atom. The lowest BCUT2D eigenvalue weighted by atomic mass is 10.2. The standard InChI is InChI=1S/C18H43FNOSi3/c1-15(2)22(16(3)4)14-24(13,18(8,9)10)20(21-19)23(11,12)17(5,6)7/h15-16H,14H2,1-13H3. The minimum absolute atomic E-state index is 0.0567. The average molecular weight is 393 g/mol. The van der Waals surface area contributed by atoms with Crippen LogP contribution in [0, 0.1) is 0 Å². The third-order valence-electron chi connectivity index (χ3n) is 6.51. The Labute approximate surface area is 155 Å². The highest BCUT2D eigenvalue weighted by molar-refractivity contribution is 6.98. The molecule has 0 fully saturated rings. The van der Waals surface area contributed by atoms with Gasteiger partial charge in [0.1, 0.15) is 0 Å². The van der Waals surface area contributed by atoms with Crippen LogP contribution in [-0.2, 0) is 5.04 Å². The molecule has 0 aliphatic rings. The number of hydrogen-bond acceptors (Lipinski definition) is 2. The molecule has 0 heterocycles. The molecule has 0 aliphatic heterocycles. The fourth-order valence-corrected chi connectivity index (χ4v) is 22.9. The van der Waals surface area contributed by atoms with Gasteiger partial charge in [-0.15, -0.1) is 5.04 Å². The molecule has 6 heteroatoms. The van der Waals surface area contributed by atoms with Gasteiger partial charge in [-0.2, -0.15) is 4.39 Å². The van der Waals surface area contributed by atoms with Gasteiger partial charge in [0.2, 0.25) is 0 Å². The van der Waals surface area contributed by atoms with Crippen LogP contribution in [0.1, 0.15) is 69.2 Å². The minimum atomic E-state index is -2.17. The highest BCUT2D eigenvalue weighted by Gasteiger charge is 2.57. The van der Waals surface area contributed by atoms with E-state index in [4.69, 9.17) is 5.04 Å². The van der Waals surface area contributed by atoms with Crippen molar-refractivity contribution < 1.29 is 9.57 Å². The van der Waals surface area contributed by atoms with Crippen LogP contribution < -0.4 is 0 Å². The third-order valence-corrected chi connectivity index (χ3v) is 26.0. The summed E-state index contributed by atoms with van der Waals surface area (Å²) in [6, 6.07) is 0. The van der Waals surface area contributed by atoms with Gasteiger partial charge in [0, 0.05) is 0 Å². The van der Waals surface area contributed by atoms with Gasteiger partial charge in [-0.3, -0.25) is 0 Å². The van der Waals surface area contributed by atoms with Gasteiger partial charge in [-0.05, 0) is 20.3 Å². The molecule has 0 aromatic carbocycles. The molecule has 0 aliphatic carbocycles. The summed E-state index contributed by atoms with van der Waals surface area (Å²) in [5.41, 5.74) is 2.57. The Balaban J connectivity index is 6.17. The Morgan fingerprint density at radius 1 is 0.875 bits per heavy atom. The van der Waals surface area contributed by atoms with Crippen LogP contribution in [0.15, 0.2) is 0 Å². The third kappa shape index (κ3) is 5.02. The lowest BCUT2D eigenvalue weighted by Gasteiger charge is -2.55. The predicted molar refractivity (Wildman–Crippen MR) is 113 cm³/mol. The van der Waals surface area contributed by atoms with Crippen LogP contribution in [-0.4, -0.2) is 29.7 Å². The molecule has 1 atom stereocenters. The summed E-state index contributed by atoms with van der Waals surface area (Å²) in [7, 11) is -4.85. The summed E-state index contributed by atoms with van der Waals surface area (Å²) in [5.74, 6) is 0. The second kappa shape index (κ2) is 8.03. The van der Waals surface area contributed by atoms with E-state index in [0.717, 1.165) is 0 Å². The number of rotatable bonds is 7. The van der Waals surface area contributed by atoms with Crippen molar-refractivity contribution >= 4 is 25.3 Å². The minimum Gasteiger partial charge on any atom is -0.199 e. The first-order chi connectivity index (χ1) is 10.4. The fraction of sp³-hybridized carbons (Fsp3) is 1.00. The topological polar surface area (TPSA) is 12.5 Å². The second-order valence-corrected chi connectivity index (χ2v) is 25.6. The largest absolute Gasteiger partial charge is 0.199 e. The SMILES string of the molecule is CC(C)[Si](C[Si](C)(N(OF)[Si](C)(C)C(C)(C)C)C(C)(C)C)C(C)C. The first-order valence-electron chi connectivity index (χ1n) is 9.38. The van der Waals surface area contributed by atoms with E-state index >= 15 is 0 Å². The molecule has 0 saturated carbocycles. The van der Waals surface area contributed by atoms with Gasteiger partial charge < -0.3 is 0 Å². The van der Waals surface area contributed by atoms with E-state index in [1.807, 2.05) is 4.39 Å².